The number of rotatable bonds is 21. The van der Waals surface area contributed by atoms with Crippen LogP contribution in [-0.4, -0.2) is 80.1 Å². The molecule has 254 valence electrons. The van der Waals surface area contributed by atoms with Crippen molar-refractivity contribution in [2.24, 2.45) is 11.5 Å². The fraction of sp³-hybridized carbons (Fsp3) is 0.438. The highest BCUT2D eigenvalue weighted by Gasteiger charge is 2.25. The van der Waals surface area contributed by atoms with E-state index in [4.69, 9.17) is 21.6 Å². The van der Waals surface area contributed by atoms with Crippen LogP contribution in [0.5, 0.6) is 5.75 Å². The molecule has 1 aliphatic heterocycles. The summed E-state index contributed by atoms with van der Waals surface area (Å²) >= 11 is 0.871. The summed E-state index contributed by atoms with van der Waals surface area (Å²) in [5.41, 5.74) is 11.5. The van der Waals surface area contributed by atoms with Crippen molar-refractivity contribution in [2.75, 3.05) is 33.3 Å². The summed E-state index contributed by atoms with van der Waals surface area (Å²) in [6.45, 7) is 1.26. The van der Waals surface area contributed by atoms with Crippen LogP contribution in [0, 0.1) is 5.41 Å². The van der Waals surface area contributed by atoms with E-state index in [1.54, 1.807) is 13.1 Å². The molecule has 14 nitrogen and oxygen atoms in total. The standard InChI is InChI=1S/C32H44N8O6S/c1-36-23(25(41)19-39-24(29(33)43)11-6-16-38-31(34)35)10-4-5-15-37-28(42)12-7-17-46-26-14-13-20(21-8-2-3-9-22(21)26)18-27-30(44)40-32(45)47-27/h2-3,8-9,13-14,18,23-24,36,39H,4-7,10-12,15-17,19H2,1H3,(H2,33,43)(H,37,42)(H4,34,35,38)(H,40,44,45)/b27-18-/t23-,24-/m0/s1. The molecule has 0 unspecified atom stereocenters. The van der Waals surface area contributed by atoms with E-state index in [0.29, 0.717) is 68.9 Å². The number of amides is 4. The zero-order chi connectivity index (χ0) is 34.2. The maximum Gasteiger partial charge on any atom is 0.290 e. The van der Waals surface area contributed by atoms with Crippen molar-refractivity contribution in [3.05, 3.63) is 46.9 Å². The highest BCUT2D eigenvalue weighted by molar-refractivity contribution is 8.18. The van der Waals surface area contributed by atoms with Gasteiger partial charge >= 0.3 is 0 Å². The molecule has 1 aliphatic rings. The fourth-order valence-electron chi connectivity index (χ4n) is 5.00. The van der Waals surface area contributed by atoms with E-state index in [1.807, 2.05) is 36.4 Å². The maximum atomic E-state index is 12.7. The number of likely N-dealkylation sites (N-methyl/N-ethyl adjacent to an activating group) is 1. The Kier molecular flexibility index (Phi) is 15.2. The van der Waals surface area contributed by atoms with Crippen molar-refractivity contribution in [1.29, 1.82) is 5.41 Å². The number of nitrogens with one attached hydrogen (secondary N) is 6. The number of fused-ring (bicyclic) bond motifs is 1. The highest BCUT2D eigenvalue weighted by Crippen LogP contribution is 2.32. The molecule has 2 aromatic carbocycles. The molecule has 0 aromatic heterocycles. The quantitative estimate of drug-likeness (QED) is 0.0411. The molecule has 10 N–H and O–H groups in total. The predicted molar refractivity (Wildman–Crippen MR) is 183 cm³/mol. The Morgan fingerprint density at radius 1 is 0.957 bits per heavy atom. The van der Waals surface area contributed by atoms with Gasteiger partial charge in [0.05, 0.1) is 30.1 Å². The number of guanidine groups is 1. The van der Waals surface area contributed by atoms with Crippen molar-refractivity contribution in [1.82, 2.24) is 26.6 Å². The molecule has 3 rings (SSSR count). The van der Waals surface area contributed by atoms with Crippen LogP contribution in [0.15, 0.2) is 41.3 Å². The number of thioether (sulfide) groups is 1. The second-order valence-electron chi connectivity index (χ2n) is 11.0. The number of unbranched alkanes of at least 4 members (excludes halogenated alkanes) is 1. The molecular weight excluding hydrogens is 624 g/mol. The molecule has 47 heavy (non-hydrogen) atoms. The minimum Gasteiger partial charge on any atom is -0.493 e. The van der Waals surface area contributed by atoms with Gasteiger partial charge in [-0.05, 0) is 80.4 Å². The van der Waals surface area contributed by atoms with Crippen LogP contribution in [0.1, 0.15) is 50.5 Å². The summed E-state index contributed by atoms with van der Waals surface area (Å²) in [6, 6.07) is 10.2. The summed E-state index contributed by atoms with van der Waals surface area (Å²) in [6.07, 6.45) is 5.49. The third-order valence-electron chi connectivity index (χ3n) is 7.48. The molecule has 0 bridgehead atoms. The smallest absolute Gasteiger partial charge is 0.290 e. The van der Waals surface area contributed by atoms with Gasteiger partial charge in [0.2, 0.25) is 11.8 Å². The zero-order valence-electron chi connectivity index (χ0n) is 26.5. The van der Waals surface area contributed by atoms with E-state index < -0.39 is 23.9 Å². The topological polar surface area (TPSA) is 231 Å². The average Bonchev–Trinajstić information content (AvgIpc) is 3.36. The summed E-state index contributed by atoms with van der Waals surface area (Å²) in [4.78, 5) is 60.6. The minimum atomic E-state index is -0.658. The predicted octanol–water partition coefficient (Wildman–Crippen LogP) is 1.47. The normalized spacial score (nSPS) is 14.9. The van der Waals surface area contributed by atoms with Crippen LogP contribution in [0.25, 0.3) is 16.8 Å². The van der Waals surface area contributed by atoms with Crippen LogP contribution in [0.3, 0.4) is 0 Å². The average molecular weight is 669 g/mol. The van der Waals surface area contributed by atoms with Gasteiger partial charge in [-0.15, -0.1) is 0 Å². The van der Waals surface area contributed by atoms with Gasteiger partial charge in [-0.25, -0.2) is 0 Å². The van der Waals surface area contributed by atoms with Gasteiger partial charge in [0.25, 0.3) is 11.1 Å². The number of nitrogens with two attached hydrogens (primary N) is 2. The number of imide groups is 1. The first-order valence-electron chi connectivity index (χ1n) is 15.6. The number of hydrogen-bond donors (Lipinski definition) is 8. The van der Waals surface area contributed by atoms with Crippen LogP contribution in [0.2, 0.25) is 0 Å². The zero-order valence-corrected chi connectivity index (χ0v) is 27.3. The van der Waals surface area contributed by atoms with Crippen molar-refractivity contribution in [3.63, 3.8) is 0 Å². The molecule has 0 saturated carbocycles. The summed E-state index contributed by atoms with van der Waals surface area (Å²) < 4.78 is 5.99. The first-order valence-corrected chi connectivity index (χ1v) is 16.4. The van der Waals surface area contributed by atoms with Crippen molar-refractivity contribution >= 4 is 63.3 Å². The third-order valence-corrected chi connectivity index (χ3v) is 8.29. The Morgan fingerprint density at radius 2 is 1.68 bits per heavy atom. The number of carbonyl (C=O) groups is 5. The third kappa shape index (κ3) is 12.3. The fourth-order valence-corrected chi connectivity index (χ4v) is 5.67. The molecule has 0 aliphatic carbocycles. The molecule has 1 fully saturated rings. The lowest BCUT2D eigenvalue weighted by molar-refractivity contribution is -0.123. The summed E-state index contributed by atoms with van der Waals surface area (Å²) in [7, 11) is 1.71. The van der Waals surface area contributed by atoms with Crippen molar-refractivity contribution < 1.29 is 28.7 Å². The number of carbonyl (C=O) groups excluding carboxylic acids is 5. The highest BCUT2D eigenvalue weighted by atomic mass is 32.2. The van der Waals surface area contributed by atoms with E-state index in [0.717, 1.165) is 34.5 Å². The molecule has 2 aromatic rings. The van der Waals surface area contributed by atoms with Crippen LogP contribution >= 0.6 is 11.8 Å². The minimum absolute atomic E-state index is 0.00395. The van der Waals surface area contributed by atoms with Gasteiger partial charge in [0.15, 0.2) is 11.7 Å². The Morgan fingerprint density at radius 3 is 2.36 bits per heavy atom. The Labute approximate surface area is 278 Å². The van der Waals surface area contributed by atoms with E-state index >= 15 is 0 Å². The van der Waals surface area contributed by atoms with Crippen LogP contribution < -0.4 is 42.8 Å². The van der Waals surface area contributed by atoms with E-state index in [-0.39, 0.29) is 29.4 Å². The lowest BCUT2D eigenvalue weighted by atomic mass is 10.0. The number of ether oxygens (including phenoxy) is 1. The summed E-state index contributed by atoms with van der Waals surface area (Å²) in [5, 5.41) is 22.3. The Balaban J connectivity index is 1.33. The molecule has 1 saturated heterocycles. The lowest BCUT2D eigenvalue weighted by Gasteiger charge is -2.19. The summed E-state index contributed by atoms with van der Waals surface area (Å²) in [5.74, 6) is -0.597. The Hall–Kier alpha value is -4.47. The number of hydrogen-bond acceptors (Lipinski definition) is 10. The SMILES string of the molecule is CN[C@@H](CCCCNC(=O)CCCOc1ccc(/C=C2\SC(=O)NC2=O)c2ccccc12)C(=O)CN[C@@H](CCCNC(=N)N)C(N)=O. The first-order chi connectivity index (χ1) is 22.6. The van der Waals surface area contributed by atoms with Gasteiger partial charge in [-0.1, -0.05) is 30.3 Å². The van der Waals surface area contributed by atoms with Gasteiger partial charge in [-0.2, -0.15) is 0 Å². The van der Waals surface area contributed by atoms with Crippen LogP contribution in [0.4, 0.5) is 4.79 Å². The lowest BCUT2D eigenvalue weighted by Crippen LogP contribution is -2.47. The maximum absolute atomic E-state index is 12.7. The molecular formula is C32H44N8O6S. The van der Waals surface area contributed by atoms with Gasteiger partial charge in [0.1, 0.15) is 5.75 Å². The largest absolute Gasteiger partial charge is 0.493 e. The molecule has 2 atom stereocenters. The second-order valence-corrected chi connectivity index (χ2v) is 12.0. The van der Waals surface area contributed by atoms with Gasteiger partial charge in [0, 0.05) is 24.9 Å². The molecule has 0 radical (unpaired) electrons. The monoisotopic (exact) mass is 668 g/mol. The Bertz CT molecular complexity index is 1480. The number of Topliss-reactive ketones (excluding diaryl/α,β-unsaturated/α-hetero) is 1. The van der Waals surface area contributed by atoms with E-state index in [1.165, 1.54) is 0 Å². The first kappa shape index (κ1) is 37.0. The van der Waals surface area contributed by atoms with Crippen molar-refractivity contribution in [2.45, 2.75) is 57.0 Å². The number of ketones is 1. The number of benzene rings is 2. The van der Waals surface area contributed by atoms with Crippen molar-refractivity contribution in [3.8, 4) is 5.75 Å². The van der Waals surface area contributed by atoms with E-state index in [2.05, 4.69) is 26.6 Å². The molecule has 0 spiro atoms. The number of primary amides is 1. The van der Waals surface area contributed by atoms with Crippen LogP contribution in [-0.2, 0) is 19.2 Å². The molecule has 4 amide bonds. The van der Waals surface area contributed by atoms with Gasteiger partial charge < -0.3 is 32.2 Å². The van der Waals surface area contributed by atoms with E-state index in [9.17, 15) is 24.0 Å². The molecule has 15 heteroatoms. The van der Waals surface area contributed by atoms with Gasteiger partial charge in [-0.3, -0.25) is 40.0 Å². The molecule has 1 heterocycles. The second kappa shape index (κ2) is 19.3.